The summed E-state index contributed by atoms with van der Waals surface area (Å²) in [4.78, 5) is 22.7. The Morgan fingerprint density at radius 3 is 2.63 bits per heavy atom. The minimum absolute atomic E-state index is 0.0441. The predicted octanol–water partition coefficient (Wildman–Crippen LogP) is 3.91. The van der Waals surface area contributed by atoms with E-state index in [-0.39, 0.29) is 17.8 Å². The highest BCUT2D eigenvalue weighted by Crippen LogP contribution is 2.39. The third-order valence-electron chi connectivity index (χ3n) is 6.12. The second-order valence-electron chi connectivity index (χ2n) is 8.17. The van der Waals surface area contributed by atoms with Crippen molar-refractivity contribution in [2.75, 3.05) is 43.5 Å². The average Bonchev–Trinajstić information content (AvgIpc) is 3.16. The molecular weight excluding hydrogens is 393 g/mol. The van der Waals surface area contributed by atoms with E-state index in [1.54, 1.807) is 11.0 Å². The van der Waals surface area contributed by atoms with E-state index < -0.39 is 11.7 Å². The van der Waals surface area contributed by atoms with Crippen LogP contribution in [0, 0.1) is 5.92 Å². The third-order valence-corrected chi connectivity index (χ3v) is 6.12. The molecule has 8 heteroatoms. The van der Waals surface area contributed by atoms with Crippen LogP contribution in [0.25, 0.3) is 0 Å². The lowest BCUT2D eigenvalue weighted by Gasteiger charge is -2.39. The summed E-state index contributed by atoms with van der Waals surface area (Å²) in [6, 6.07) is 9.71. The van der Waals surface area contributed by atoms with E-state index >= 15 is 0 Å². The van der Waals surface area contributed by atoms with Crippen LogP contribution in [0.1, 0.15) is 28.8 Å². The van der Waals surface area contributed by atoms with Crippen LogP contribution in [-0.4, -0.2) is 55.6 Å². The number of likely N-dealkylation sites (tertiary alicyclic amines) is 1. The zero-order valence-corrected chi connectivity index (χ0v) is 17.1. The number of halogens is 3. The highest BCUT2D eigenvalue weighted by molar-refractivity contribution is 5.95. The standard InChI is InChI=1S/C22H25F3N4O/c1-27(2)17-6-3-5-16(13-17)21(30)29-12-9-15-8-11-28(14-19(15)29)20-18(22(23,24)25)7-4-10-26-20/h3-7,10,13,15,19H,8-9,11-12,14H2,1-2H3. The Hall–Kier alpha value is -2.77. The van der Waals surface area contributed by atoms with E-state index in [1.807, 2.05) is 42.1 Å². The van der Waals surface area contributed by atoms with Crippen LogP contribution >= 0.6 is 0 Å². The van der Waals surface area contributed by atoms with Gasteiger partial charge in [-0.1, -0.05) is 6.07 Å². The van der Waals surface area contributed by atoms with Gasteiger partial charge in [0.05, 0.1) is 11.6 Å². The van der Waals surface area contributed by atoms with Crippen molar-refractivity contribution in [1.29, 1.82) is 0 Å². The molecule has 4 rings (SSSR count). The predicted molar refractivity (Wildman–Crippen MR) is 110 cm³/mol. The van der Waals surface area contributed by atoms with E-state index in [9.17, 15) is 18.0 Å². The average molecular weight is 418 g/mol. The largest absolute Gasteiger partial charge is 0.419 e. The Morgan fingerprint density at radius 1 is 1.13 bits per heavy atom. The third kappa shape index (κ3) is 3.82. The molecule has 1 amide bonds. The monoisotopic (exact) mass is 418 g/mol. The molecule has 1 aromatic heterocycles. The van der Waals surface area contributed by atoms with Gasteiger partial charge in [0.1, 0.15) is 5.82 Å². The molecule has 30 heavy (non-hydrogen) atoms. The van der Waals surface area contributed by atoms with E-state index in [4.69, 9.17) is 0 Å². The van der Waals surface area contributed by atoms with Gasteiger partial charge in [-0.2, -0.15) is 13.2 Å². The van der Waals surface area contributed by atoms with Crippen LogP contribution in [-0.2, 0) is 6.18 Å². The van der Waals surface area contributed by atoms with Crippen LogP contribution in [0.3, 0.4) is 0 Å². The van der Waals surface area contributed by atoms with Gasteiger partial charge in [-0.05, 0) is 49.1 Å². The molecule has 2 aliphatic rings. The first kappa shape index (κ1) is 20.5. The molecule has 0 bridgehead atoms. The Kier molecular flexibility index (Phi) is 5.34. The summed E-state index contributed by atoms with van der Waals surface area (Å²) >= 11 is 0. The molecule has 0 saturated carbocycles. The maximum atomic E-state index is 13.5. The minimum atomic E-state index is -4.46. The molecule has 3 heterocycles. The number of carbonyl (C=O) groups is 1. The first-order valence-corrected chi connectivity index (χ1v) is 10.1. The van der Waals surface area contributed by atoms with Gasteiger partial charge in [-0.3, -0.25) is 4.79 Å². The second-order valence-corrected chi connectivity index (χ2v) is 8.17. The van der Waals surface area contributed by atoms with Crippen LogP contribution < -0.4 is 9.80 Å². The van der Waals surface area contributed by atoms with E-state index in [2.05, 4.69) is 4.98 Å². The Balaban J connectivity index is 1.58. The Bertz CT molecular complexity index is 931. The van der Waals surface area contributed by atoms with Gasteiger partial charge >= 0.3 is 6.18 Å². The Labute approximate surface area is 174 Å². The van der Waals surface area contributed by atoms with Gasteiger partial charge in [0, 0.05) is 51.2 Å². The summed E-state index contributed by atoms with van der Waals surface area (Å²) < 4.78 is 40.4. The molecule has 0 radical (unpaired) electrons. The van der Waals surface area contributed by atoms with E-state index in [0.29, 0.717) is 31.1 Å². The number of fused-ring (bicyclic) bond motifs is 1. The molecule has 2 atom stereocenters. The zero-order chi connectivity index (χ0) is 21.5. The maximum Gasteiger partial charge on any atom is 0.419 e. The number of nitrogens with zero attached hydrogens (tertiary/aromatic N) is 4. The SMILES string of the molecule is CN(C)c1cccc(C(=O)N2CCC3CCN(c4ncccc4C(F)(F)F)CC32)c1. The lowest BCUT2D eigenvalue weighted by Crippen LogP contribution is -2.50. The van der Waals surface area contributed by atoms with Crippen LogP contribution in [0.2, 0.25) is 0 Å². The molecule has 0 N–H and O–H groups in total. The number of carbonyl (C=O) groups excluding carboxylic acids is 1. The molecule has 160 valence electrons. The van der Waals surface area contributed by atoms with Crippen molar-refractivity contribution in [1.82, 2.24) is 9.88 Å². The van der Waals surface area contributed by atoms with Gasteiger partial charge in [0.15, 0.2) is 0 Å². The van der Waals surface area contributed by atoms with Crippen molar-refractivity contribution in [2.45, 2.75) is 25.1 Å². The van der Waals surface area contributed by atoms with Crippen molar-refractivity contribution < 1.29 is 18.0 Å². The lowest BCUT2D eigenvalue weighted by atomic mass is 9.91. The van der Waals surface area contributed by atoms with Crippen LogP contribution in [0.4, 0.5) is 24.7 Å². The first-order valence-electron chi connectivity index (χ1n) is 10.1. The number of pyridine rings is 1. The molecule has 0 aliphatic carbocycles. The molecule has 1 aromatic carbocycles. The van der Waals surface area contributed by atoms with Gasteiger partial charge in [-0.25, -0.2) is 4.98 Å². The number of hydrogen-bond donors (Lipinski definition) is 0. The summed E-state index contributed by atoms with van der Waals surface area (Å²) in [7, 11) is 3.83. The molecular formula is C22H25F3N4O. The summed E-state index contributed by atoms with van der Waals surface area (Å²) in [5, 5.41) is 0. The summed E-state index contributed by atoms with van der Waals surface area (Å²) in [5.41, 5.74) is 0.816. The summed E-state index contributed by atoms with van der Waals surface area (Å²) in [6.45, 7) is 1.51. The van der Waals surface area contributed by atoms with Crippen molar-refractivity contribution in [3.05, 3.63) is 53.7 Å². The number of rotatable bonds is 3. The molecule has 2 saturated heterocycles. The molecule has 2 aliphatic heterocycles. The summed E-state index contributed by atoms with van der Waals surface area (Å²) in [5.74, 6) is 0.197. The normalized spacial score (nSPS) is 21.5. The van der Waals surface area contributed by atoms with Gasteiger partial charge in [0.25, 0.3) is 5.91 Å². The smallest absolute Gasteiger partial charge is 0.378 e. The topological polar surface area (TPSA) is 39.7 Å². The van der Waals surface area contributed by atoms with Gasteiger partial charge < -0.3 is 14.7 Å². The fourth-order valence-electron chi connectivity index (χ4n) is 4.54. The number of hydrogen-bond acceptors (Lipinski definition) is 4. The van der Waals surface area contributed by atoms with Crippen molar-refractivity contribution in [3.8, 4) is 0 Å². The fourth-order valence-corrected chi connectivity index (χ4v) is 4.54. The molecule has 0 spiro atoms. The number of piperidine rings is 1. The second kappa shape index (κ2) is 7.81. The first-order chi connectivity index (χ1) is 14.3. The number of aromatic nitrogens is 1. The fraction of sp³-hybridized carbons (Fsp3) is 0.455. The quantitative estimate of drug-likeness (QED) is 0.758. The maximum absolute atomic E-state index is 13.5. The number of anilines is 2. The highest BCUT2D eigenvalue weighted by atomic mass is 19.4. The minimum Gasteiger partial charge on any atom is -0.378 e. The van der Waals surface area contributed by atoms with Gasteiger partial charge in [-0.15, -0.1) is 0 Å². The highest BCUT2D eigenvalue weighted by Gasteiger charge is 2.43. The van der Waals surface area contributed by atoms with Crippen LogP contribution in [0.5, 0.6) is 0 Å². The number of amides is 1. The van der Waals surface area contributed by atoms with E-state index in [1.165, 1.54) is 12.3 Å². The number of alkyl halides is 3. The van der Waals surface area contributed by atoms with Crippen molar-refractivity contribution in [3.63, 3.8) is 0 Å². The molecule has 5 nitrogen and oxygen atoms in total. The van der Waals surface area contributed by atoms with Crippen LogP contribution in [0.15, 0.2) is 42.6 Å². The zero-order valence-electron chi connectivity index (χ0n) is 17.1. The lowest BCUT2D eigenvalue weighted by molar-refractivity contribution is -0.137. The van der Waals surface area contributed by atoms with Crippen molar-refractivity contribution in [2.24, 2.45) is 5.92 Å². The Morgan fingerprint density at radius 2 is 1.90 bits per heavy atom. The van der Waals surface area contributed by atoms with E-state index in [0.717, 1.165) is 24.6 Å². The van der Waals surface area contributed by atoms with Crippen molar-refractivity contribution >= 4 is 17.4 Å². The molecule has 2 unspecified atom stereocenters. The molecule has 2 aromatic rings. The molecule has 2 fully saturated rings. The summed E-state index contributed by atoms with van der Waals surface area (Å²) in [6.07, 6.45) is -1.44. The number of benzene rings is 1. The van der Waals surface area contributed by atoms with Gasteiger partial charge in [0.2, 0.25) is 0 Å².